The molecule has 2 aromatic rings. The standard InChI is InChI=1S/C24H26F4O2/c1-3-5-18-11-8-17(14-30-18)19-12-9-15(21(25)23(19)27)6-7-16-10-13-20(29-4-2)24(28)22(16)26/h8-10,12-13,18H,3-7,11,14H2,1-2H3. The van der Waals surface area contributed by atoms with Crippen LogP contribution in [0.4, 0.5) is 17.6 Å². The number of rotatable bonds is 8. The zero-order chi connectivity index (χ0) is 21.7. The third-order valence-corrected chi connectivity index (χ3v) is 5.31. The highest BCUT2D eigenvalue weighted by molar-refractivity contribution is 5.68. The third kappa shape index (κ3) is 4.86. The van der Waals surface area contributed by atoms with Gasteiger partial charge in [0.1, 0.15) is 0 Å². The topological polar surface area (TPSA) is 18.5 Å². The van der Waals surface area contributed by atoms with Crippen LogP contribution in [0.15, 0.2) is 30.3 Å². The molecule has 0 saturated carbocycles. The molecule has 0 N–H and O–H groups in total. The Morgan fingerprint density at radius 1 is 0.900 bits per heavy atom. The molecule has 0 bridgehead atoms. The van der Waals surface area contributed by atoms with Crippen LogP contribution >= 0.6 is 0 Å². The van der Waals surface area contributed by atoms with E-state index in [1.54, 1.807) is 6.92 Å². The number of benzene rings is 2. The van der Waals surface area contributed by atoms with Crippen molar-refractivity contribution in [1.82, 2.24) is 0 Å². The Labute approximate surface area is 174 Å². The minimum Gasteiger partial charge on any atom is -0.491 e. The number of halogens is 4. The summed E-state index contributed by atoms with van der Waals surface area (Å²) in [5.41, 5.74) is 1.02. The zero-order valence-electron chi connectivity index (χ0n) is 17.2. The third-order valence-electron chi connectivity index (χ3n) is 5.31. The fraction of sp³-hybridized carbons (Fsp3) is 0.417. The lowest BCUT2D eigenvalue weighted by Gasteiger charge is -2.23. The SMILES string of the molecule is CCCC1CC=C(c2ccc(CCc3ccc(OCC)c(F)c3F)c(F)c2F)CO1. The summed E-state index contributed by atoms with van der Waals surface area (Å²) in [7, 11) is 0. The van der Waals surface area contributed by atoms with Gasteiger partial charge in [0, 0.05) is 5.56 Å². The van der Waals surface area contributed by atoms with E-state index in [0.717, 1.165) is 12.8 Å². The van der Waals surface area contributed by atoms with Crippen molar-refractivity contribution in [2.45, 2.75) is 52.1 Å². The van der Waals surface area contributed by atoms with Crippen molar-refractivity contribution in [2.24, 2.45) is 0 Å². The van der Waals surface area contributed by atoms with E-state index in [1.165, 1.54) is 24.3 Å². The van der Waals surface area contributed by atoms with E-state index < -0.39 is 23.3 Å². The first-order chi connectivity index (χ1) is 14.5. The molecule has 0 aromatic heterocycles. The van der Waals surface area contributed by atoms with Crippen LogP contribution in [-0.4, -0.2) is 19.3 Å². The molecule has 1 unspecified atom stereocenters. The van der Waals surface area contributed by atoms with Gasteiger partial charge < -0.3 is 9.47 Å². The summed E-state index contributed by atoms with van der Waals surface area (Å²) in [6.07, 6.45) is 4.72. The van der Waals surface area contributed by atoms with Crippen molar-refractivity contribution in [1.29, 1.82) is 0 Å². The molecule has 2 nitrogen and oxygen atoms in total. The number of hydrogen-bond acceptors (Lipinski definition) is 2. The predicted molar refractivity (Wildman–Crippen MR) is 109 cm³/mol. The maximum absolute atomic E-state index is 14.7. The fourth-order valence-corrected chi connectivity index (χ4v) is 3.65. The van der Waals surface area contributed by atoms with Crippen LogP contribution in [0.1, 0.15) is 49.8 Å². The maximum atomic E-state index is 14.7. The highest BCUT2D eigenvalue weighted by Gasteiger charge is 2.21. The number of ether oxygens (including phenoxy) is 2. The lowest BCUT2D eigenvalue weighted by atomic mass is 9.96. The van der Waals surface area contributed by atoms with Crippen molar-refractivity contribution >= 4 is 5.57 Å². The summed E-state index contributed by atoms with van der Waals surface area (Å²) in [6.45, 7) is 4.21. The van der Waals surface area contributed by atoms with E-state index in [1.807, 2.05) is 6.08 Å². The van der Waals surface area contributed by atoms with Gasteiger partial charge in [-0.05, 0) is 55.4 Å². The molecule has 3 rings (SSSR count). The summed E-state index contributed by atoms with van der Waals surface area (Å²) < 4.78 is 68.3. The monoisotopic (exact) mass is 422 g/mol. The average Bonchev–Trinajstić information content (AvgIpc) is 2.75. The van der Waals surface area contributed by atoms with Gasteiger partial charge in [0.15, 0.2) is 23.2 Å². The van der Waals surface area contributed by atoms with Crippen LogP contribution in [0.5, 0.6) is 5.75 Å². The van der Waals surface area contributed by atoms with Gasteiger partial charge in [-0.2, -0.15) is 4.39 Å². The maximum Gasteiger partial charge on any atom is 0.200 e. The van der Waals surface area contributed by atoms with E-state index in [9.17, 15) is 17.6 Å². The van der Waals surface area contributed by atoms with Gasteiger partial charge in [0.05, 0.1) is 19.3 Å². The largest absolute Gasteiger partial charge is 0.491 e. The molecule has 2 aromatic carbocycles. The van der Waals surface area contributed by atoms with Crippen molar-refractivity contribution < 1.29 is 27.0 Å². The Kier molecular flexibility index (Phi) is 7.53. The van der Waals surface area contributed by atoms with Crippen LogP contribution in [0, 0.1) is 23.3 Å². The average molecular weight is 422 g/mol. The molecular formula is C24H26F4O2. The van der Waals surface area contributed by atoms with Gasteiger partial charge in [-0.25, -0.2) is 13.2 Å². The molecule has 0 fully saturated rings. The summed E-state index contributed by atoms with van der Waals surface area (Å²) in [6, 6.07) is 5.77. The van der Waals surface area contributed by atoms with Crippen molar-refractivity contribution in [3.63, 3.8) is 0 Å². The van der Waals surface area contributed by atoms with E-state index in [4.69, 9.17) is 9.47 Å². The molecule has 0 spiro atoms. The van der Waals surface area contributed by atoms with Gasteiger partial charge in [0.25, 0.3) is 0 Å². The molecule has 162 valence electrons. The molecule has 1 atom stereocenters. The van der Waals surface area contributed by atoms with E-state index >= 15 is 0 Å². The Bertz CT molecular complexity index is 924. The number of hydrogen-bond donors (Lipinski definition) is 0. The van der Waals surface area contributed by atoms with Crippen LogP contribution in [0.25, 0.3) is 5.57 Å². The minimum atomic E-state index is -1.07. The Balaban J connectivity index is 1.73. The lowest BCUT2D eigenvalue weighted by Crippen LogP contribution is -2.18. The molecule has 0 saturated heterocycles. The summed E-state index contributed by atoms with van der Waals surface area (Å²) in [5.74, 6) is -4.15. The minimum absolute atomic E-state index is 0.0371. The van der Waals surface area contributed by atoms with Gasteiger partial charge in [-0.15, -0.1) is 0 Å². The molecule has 1 heterocycles. The highest BCUT2D eigenvalue weighted by Crippen LogP contribution is 2.29. The molecule has 1 aliphatic heterocycles. The van der Waals surface area contributed by atoms with Crippen LogP contribution in [-0.2, 0) is 17.6 Å². The van der Waals surface area contributed by atoms with Gasteiger partial charge in [-0.3, -0.25) is 0 Å². The molecule has 0 radical (unpaired) electrons. The normalized spacial score (nSPS) is 16.5. The molecule has 0 amide bonds. The van der Waals surface area contributed by atoms with Crippen LogP contribution in [0.2, 0.25) is 0 Å². The molecule has 0 aliphatic carbocycles. The molecule has 1 aliphatic rings. The predicted octanol–water partition coefficient (Wildman–Crippen LogP) is 6.40. The van der Waals surface area contributed by atoms with Gasteiger partial charge in [0.2, 0.25) is 5.82 Å². The van der Waals surface area contributed by atoms with Gasteiger partial charge >= 0.3 is 0 Å². The summed E-state index contributed by atoms with van der Waals surface area (Å²) in [5, 5.41) is 0. The highest BCUT2D eigenvalue weighted by atomic mass is 19.2. The Morgan fingerprint density at radius 2 is 1.57 bits per heavy atom. The first-order valence-corrected chi connectivity index (χ1v) is 10.3. The second-order valence-corrected chi connectivity index (χ2v) is 7.37. The first-order valence-electron chi connectivity index (χ1n) is 10.3. The second kappa shape index (κ2) is 10.1. The molecule has 30 heavy (non-hydrogen) atoms. The fourth-order valence-electron chi connectivity index (χ4n) is 3.65. The Morgan fingerprint density at radius 3 is 2.17 bits per heavy atom. The van der Waals surface area contributed by atoms with E-state index in [-0.39, 0.29) is 54.6 Å². The lowest BCUT2D eigenvalue weighted by molar-refractivity contribution is 0.0659. The van der Waals surface area contributed by atoms with Crippen LogP contribution in [0.3, 0.4) is 0 Å². The quantitative estimate of drug-likeness (QED) is 0.459. The first kappa shape index (κ1) is 22.3. The Hall–Kier alpha value is -2.34. The van der Waals surface area contributed by atoms with Crippen molar-refractivity contribution in [2.75, 3.05) is 13.2 Å². The van der Waals surface area contributed by atoms with E-state index in [0.29, 0.717) is 12.0 Å². The second-order valence-electron chi connectivity index (χ2n) is 7.37. The van der Waals surface area contributed by atoms with Gasteiger partial charge in [-0.1, -0.05) is 37.6 Å². The molecular weight excluding hydrogens is 396 g/mol. The zero-order valence-corrected chi connectivity index (χ0v) is 17.2. The van der Waals surface area contributed by atoms with Crippen molar-refractivity contribution in [3.8, 4) is 5.75 Å². The van der Waals surface area contributed by atoms with E-state index in [2.05, 4.69) is 6.92 Å². The smallest absolute Gasteiger partial charge is 0.200 e. The molecule has 6 heteroatoms. The summed E-state index contributed by atoms with van der Waals surface area (Å²) in [4.78, 5) is 0. The summed E-state index contributed by atoms with van der Waals surface area (Å²) >= 11 is 0. The van der Waals surface area contributed by atoms with Crippen LogP contribution < -0.4 is 4.74 Å². The number of aryl methyl sites for hydroxylation is 2. The van der Waals surface area contributed by atoms with Crippen molar-refractivity contribution in [3.05, 3.63) is 70.3 Å².